The molecular weight excluding hydrogens is 2030 g/mol. The van der Waals surface area contributed by atoms with Crippen molar-refractivity contribution in [2.75, 3.05) is 40.8 Å². The van der Waals surface area contributed by atoms with E-state index < -0.39 is 90.7 Å². The van der Waals surface area contributed by atoms with Gasteiger partial charge in [0.25, 0.3) is 0 Å². The van der Waals surface area contributed by atoms with Crippen LogP contribution in [0.25, 0.3) is 0 Å². The fourth-order valence-electron chi connectivity index (χ4n) is 5.40. The summed E-state index contributed by atoms with van der Waals surface area (Å²) in [6, 6.07) is 15.7. The van der Waals surface area contributed by atoms with E-state index in [1.165, 1.54) is 57.4 Å². The number of hydrogen-bond acceptors (Lipinski definition) is 3. The molecule has 0 spiro atoms. The lowest BCUT2D eigenvalue weighted by Gasteiger charge is -2.40. The first-order valence-electron chi connectivity index (χ1n) is 24.9. The van der Waals surface area contributed by atoms with Crippen molar-refractivity contribution < 1.29 is 117 Å². The maximum Gasteiger partial charge on any atom is 0.310 e. The highest BCUT2D eigenvalue weighted by Gasteiger charge is 2.69. The van der Waals surface area contributed by atoms with Crippen LogP contribution in [0.5, 0.6) is 0 Å². The van der Waals surface area contributed by atoms with Gasteiger partial charge in [-0.1, -0.05) is 197 Å². The summed E-state index contributed by atoms with van der Waals surface area (Å²) in [4.78, 5) is -11.1. The molecule has 6 aromatic carbocycles. The number of hydrogen-bond donors (Lipinski definition) is 3. The maximum atomic E-state index is 12.3. The Morgan fingerprint density at radius 1 is 0.274 bits per heavy atom. The molecule has 0 saturated carbocycles. The molecule has 0 atom stereocenters. The summed E-state index contributed by atoms with van der Waals surface area (Å²) in [5.74, 6) is 0. The van der Waals surface area contributed by atoms with Crippen molar-refractivity contribution >= 4 is 177 Å². The molecule has 0 aliphatic carbocycles. The molecule has 0 unspecified atom stereocenters. The third-order valence-corrected chi connectivity index (χ3v) is 19.8. The molecule has 3 N–H and O–H groups in total. The van der Waals surface area contributed by atoms with E-state index in [-0.39, 0.29) is 27.2 Å². The highest BCUT2D eigenvalue weighted by Crippen LogP contribution is 3.05. The Morgan fingerprint density at radius 2 is 0.547 bits per heavy atom. The van der Waals surface area contributed by atoms with Gasteiger partial charge < -0.3 is 16.0 Å². The maximum absolute atomic E-state index is 12.3. The van der Waals surface area contributed by atoms with Crippen LogP contribution >= 0.6 is 177 Å². The summed E-state index contributed by atoms with van der Waals surface area (Å²) in [5.41, 5.74) is 0.294. The number of benzene rings is 6. The SMILES string of the molecule is CCCNC.CCCNC.CCCNC.Cc1cc(Br)cc(S(F)(F)(F)(F)F)c1.Cc1cc(I)cc(S(F)(F)(F)(F)F)c1.FS(F)(F)(F)(F)c1ccc(Br)cc1.FS(F)(F)(F)(F)c1ccc(I)cc1.FS(F)(F)(F)(F)c1cccc(Br)c1.FS(F)(F)(F)(F)c1cccc(I)c1. The third-order valence-electron chi connectivity index (χ3n) is 9.42. The summed E-state index contributed by atoms with van der Waals surface area (Å²) in [7, 11) is -51.0. The van der Waals surface area contributed by atoms with Crippen LogP contribution in [0.15, 0.2) is 176 Å². The van der Waals surface area contributed by atoms with Gasteiger partial charge in [-0.15, -0.1) is 0 Å². The van der Waals surface area contributed by atoms with Crippen LogP contribution in [0, 0.1) is 24.6 Å². The molecule has 0 saturated heterocycles. The van der Waals surface area contributed by atoms with Gasteiger partial charge in [0.05, 0.1) is 0 Å². The smallest absolute Gasteiger partial charge is 0.310 e. The molecule has 6 rings (SSSR count). The van der Waals surface area contributed by atoms with Crippen LogP contribution in [-0.4, -0.2) is 40.8 Å². The Hall–Kier alpha value is -1.17. The van der Waals surface area contributed by atoms with Crippen molar-refractivity contribution in [3.63, 3.8) is 0 Å². The number of halogens is 36. The third kappa shape index (κ3) is 46.1. The van der Waals surface area contributed by atoms with Gasteiger partial charge >= 0.3 is 61.3 Å². The molecule has 0 radical (unpaired) electrons. The summed E-state index contributed by atoms with van der Waals surface area (Å²) in [5, 5.41) is 9.05. The van der Waals surface area contributed by atoms with Crippen molar-refractivity contribution in [1.29, 1.82) is 0 Å². The molecule has 0 aromatic heterocycles. The molecule has 0 aliphatic heterocycles. The van der Waals surface area contributed by atoms with Gasteiger partial charge in [-0.05, 0) is 274 Å². The van der Waals surface area contributed by atoms with Crippen molar-refractivity contribution in [2.24, 2.45) is 0 Å². The molecular formula is C50H61Br3F30I3N3S6. The first-order chi connectivity index (χ1) is 41.0. The van der Waals surface area contributed by atoms with Gasteiger partial charge in [0.15, 0.2) is 0 Å². The molecule has 45 heteroatoms. The van der Waals surface area contributed by atoms with Gasteiger partial charge in [-0.3, -0.25) is 0 Å². The zero-order valence-electron chi connectivity index (χ0n) is 49.5. The van der Waals surface area contributed by atoms with Crippen LogP contribution in [0.2, 0.25) is 0 Å². The Morgan fingerprint density at radius 3 is 0.789 bits per heavy atom. The minimum atomic E-state index is -9.53. The lowest BCUT2D eigenvalue weighted by molar-refractivity contribution is 0.360. The van der Waals surface area contributed by atoms with Crippen molar-refractivity contribution in [1.82, 2.24) is 16.0 Å². The number of nitrogens with one attached hydrogen (secondary N) is 3. The van der Waals surface area contributed by atoms with E-state index in [4.69, 9.17) is 0 Å². The van der Waals surface area contributed by atoms with Gasteiger partial charge in [0, 0.05) is 24.1 Å². The monoisotopic (exact) mass is 2080 g/mol. The molecule has 6 aromatic rings. The Labute approximate surface area is 596 Å². The second-order valence-electron chi connectivity index (χ2n) is 18.9. The lowest BCUT2D eigenvalue weighted by Crippen LogP contribution is -2.06. The number of rotatable bonds is 12. The van der Waals surface area contributed by atoms with Gasteiger partial charge in [0.2, 0.25) is 0 Å². The van der Waals surface area contributed by atoms with Crippen LogP contribution in [0.1, 0.15) is 51.2 Å². The van der Waals surface area contributed by atoms with Crippen LogP contribution in [-0.2, 0) is 0 Å². The second-order valence-corrected chi connectivity index (χ2v) is 39.8. The van der Waals surface area contributed by atoms with Crippen molar-refractivity contribution in [3.8, 4) is 0 Å². The first-order valence-corrected chi connectivity index (χ1v) is 42.2. The molecule has 0 heterocycles. The Balaban J connectivity index is -0.00000102. The summed E-state index contributed by atoms with van der Waals surface area (Å²) < 4.78 is 366. The van der Waals surface area contributed by atoms with E-state index in [1.807, 2.05) is 21.1 Å². The average Bonchev–Trinajstić information content (AvgIpc) is 0.632. The van der Waals surface area contributed by atoms with E-state index in [0.717, 1.165) is 56.0 Å². The minimum absolute atomic E-state index is 0.0132. The van der Waals surface area contributed by atoms with Crippen molar-refractivity contribution in [3.05, 3.63) is 169 Å². The van der Waals surface area contributed by atoms with E-state index >= 15 is 0 Å². The predicted molar refractivity (Wildman–Crippen MR) is 370 cm³/mol. The van der Waals surface area contributed by atoms with Gasteiger partial charge in [-0.25, -0.2) is 0 Å². The highest BCUT2D eigenvalue weighted by atomic mass is 127. The van der Waals surface area contributed by atoms with Crippen molar-refractivity contribution in [2.45, 2.75) is 83.3 Å². The van der Waals surface area contributed by atoms with Crippen LogP contribution in [0.3, 0.4) is 0 Å². The normalized spacial score (nSPS) is 16.1. The lowest BCUT2D eigenvalue weighted by atomic mass is 10.2. The molecule has 0 fully saturated rings. The Kier molecular flexibility index (Phi) is 30.8. The number of aryl methyl sites for hydroxylation is 2. The zero-order chi connectivity index (χ0) is 76.5. The van der Waals surface area contributed by atoms with E-state index in [9.17, 15) is 117 Å². The Bertz CT molecular complexity index is 3190. The van der Waals surface area contributed by atoms with E-state index in [2.05, 4.69) is 84.5 Å². The van der Waals surface area contributed by atoms with Crippen LogP contribution in [0.4, 0.5) is 117 Å². The fraction of sp³-hybridized carbons (Fsp3) is 0.280. The molecule has 0 amide bonds. The topological polar surface area (TPSA) is 36.1 Å². The van der Waals surface area contributed by atoms with E-state index in [1.54, 1.807) is 67.8 Å². The largest absolute Gasteiger partial charge is 0.320 e. The molecule has 95 heavy (non-hydrogen) atoms. The molecule has 564 valence electrons. The fourth-order valence-corrected chi connectivity index (χ4v) is 13.3. The minimum Gasteiger partial charge on any atom is -0.320 e. The zero-order valence-corrected chi connectivity index (χ0v) is 65.6. The molecule has 0 bridgehead atoms. The first kappa shape index (κ1) is 98.0. The standard InChI is InChI=1S/C7H6BrF5S.C7H6F5IS.2C6H4BrF5S.2C6H4F5IS.3C4H11N/c1-5-2-6(8)4-7(3-5)14(9,10,11,12)13;1-5-2-6(13)4-7(3-5)14(8,9,10,11)12;7-5-1-3-6(4-2-5)13(8,9,10,11)12;7-5-2-1-3-6(4-5)13(8,9,10,11)12;7-13(8,9,10,11)6-3-1-5(12)2-4-6;7-13(8,9,10,11)6-3-1-2-5(12)4-6;3*1-3-4-5-2/h2*2-4H,1H3;4*1-4H;3*5H,3-4H2,1-2H3. The average molecular weight is 2090 g/mol. The summed E-state index contributed by atoms with van der Waals surface area (Å²) in [6.45, 7) is 12.5. The predicted octanol–water partition coefficient (Wildman–Crippen LogP) is 32.6. The van der Waals surface area contributed by atoms with Gasteiger partial charge in [-0.2, -0.15) is 0 Å². The van der Waals surface area contributed by atoms with Gasteiger partial charge in [0.1, 0.15) is 29.4 Å². The highest BCUT2D eigenvalue weighted by molar-refractivity contribution is 14.1. The summed E-state index contributed by atoms with van der Waals surface area (Å²) >= 11 is 13.1. The second kappa shape index (κ2) is 29.9. The summed E-state index contributed by atoms with van der Waals surface area (Å²) in [6.07, 6.45) is 3.70. The van der Waals surface area contributed by atoms with Crippen LogP contribution < -0.4 is 16.0 Å². The molecule has 3 nitrogen and oxygen atoms in total. The quantitative estimate of drug-likeness (QED) is 0.0844. The molecule has 0 aliphatic rings. The van der Waals surface area contributed by atoms with E-state index in [0.29, 0.717) is 80.8 Å².